The molecule has 0 aliphatic carbocycles. The molecule has 5 rings (SSSR count). The molecule has 2 fully saturated rings. The summed E-state index contributed by atoms with van der Waals surface area (Å²) in [5.41, 5.74) is 10.4. The second kappa shape index (κ2) is 9.23. The van der Waals surface area contributed by atoms with Gasteiger partial charge in [-0.2, -0.15) is 0 Å². The van der Waals surface area contributed by atoms with E-state index in [2.05, 4.69) is 20.3 Å². The number of ether oxygens (including phenoxy) is 5. The molecule has 2 N–H and O–H groups in total. The first-order valence-corrected chi connectivity index (χ1v) is 11.2. The van der Waals surface area contributed by atoms with Gasteiger partial charge in [0.1, 0.15) is 41.3 Å². The Morgan fingerprint density at radius 3 is 2.77 bits per heavy atom. The van der Waals surface area contributed by atoms with E-state index in [-0.39, 0.29) is 6.54 Å². The van der Waals surface area contributed by atoms with Gasteiger partial charge in [0.05, 0.1) is 32.3 Å². The zero-order valence-electron chi connectivity index (χ0n) is 19.9. The van der Waals surface area contributed by atoms with Gasteiger partial charge in [-0.05, 0) is 37.6 Å². The predicted molar refractivity (Wildman–Crippen MR) is 126 cm³/mol. The number of benzene rings is 1. The van der Waals surface area contributed by atoms with E-state index in [1.165, 1.54) is 0 Å². The van der Waals surface area contributed by atoms with Gasteiger partial charge in [-0.25, -0.2) is 9.97 Å². The van der Waals surface area contributed by atoms with Gasteiger partial charge >= 0.3 is 0 Å². The minimum atomic E-state index is -0.797. The number of rotatable bonds is 8. The van der Waals surface area contributed by atoms with Crippen molar-refractivity contribution in [3.8, 4) is 11.5 Å². The molecule has 0 bridgehead atoms. The molecule has 0 amide bonds. The van der Waals surface area contributed by atoms with Crippen molar-refractivity contribution in [1.82, 2.24) is 15.0 Å². The lowest BCUT2D eigenvalue weighted by atomic mass is 10.1. The smallest absolute Gasteiger partial charge is 0.164 e. The van der Waals surface area contributed by atoms with Crippen LogP contribution in [0.2, 0.25) is 0 Å². The van der Waals surface area contributed by atoms with Crippen LogP contribution in [0.15, 0.2) is 35.6 Å². The van der Waals surface area contributed by atoms with Crippen molar-refractivity contribution in [2.45, 2.75) is 50.6 Å². The number of fused-ring (bicyclic) bond motifs is 2. The van der Waals surface area contributed by atoms with Crippen LogP contribution in [-0.2, 0) is 20.8 Å². The molecular weight excluding hydrogens is 454 g/mol. The van der Waals surface area contributed by atoms with Crippen molar-refractivity contribution in [2.24, 2.45) is 5.11 Å². The standard InChI is InChI=1S/C23H27N7O5/c1-23(2)34-17-16(11-27-30-24)33-19(18(17)35-23)22-28-20-14(7-8-25-20)21(29-22)26-10-12-5-6-13(31-3)9-15(12)32-4/h5-9,16-19H,10-11H2,1-4H3,(H2,25,26,28,29)/t16-,17-,18+,19+/m1/s1. The highest BCUT2D eigenvalue weighted by Crippen LogP contribution is 2.45. The maximum atomic E-state index is 8.78. The molecule has 4 atom stereocenters. The van der Waals surface area contributed by atoms with Crippen molar-refractivity contribution in [3.05, 3.63) is 52.3 Å². The maximum Gasteiger partial charge on any atom is 0.164 e. The molecule has 12 heteroatoms. The van der Waals surface area contributed by atoms with Crippen LogP contribution in [0.5, 0.6) is 11.5 Å². The molecule has 2 aliphatic heterocycles. The van der Waals surface area contributed by atoms with Crippen molar-refractivity contribution in [1.29, 1.82) is 0 Å². The normalized spacial score (nSPS) is 24.7. The number of H-pyrrole nitrogens is 1. The average Bonchev–Trinajstić information content (AvgIpc) is 3.54. The summed E-state index contributed by atoms with van der Waals surface area (Å²) in [5.74, 6) is 1.71. The highest BCUT2D eigenvalue weighted by Gasteiger charge is 2.56. The monoisotopic (exact) mass is 481 g/mol. The Kier molecular flexibility index (Phi) is 6.12. The Hall–Kier alpha value is -3.57. The van der Waals surface area contributed by atoms with Crippen LogP contribution in [-0.4, -0.2) is 59.8 Å². The second-order valence-electron chi connectivity index (χ2n) is 8.78. The van der Waals surface area contributed by atoms with Crippen LogP contribution in [0.1, 0.15) is 31.3 Å². The van der Waals surface area contributed by atoms with Gasteiger partial charge in [-0.3, -0.25) is 0 Å². The second-order valence-corrected chi connectivity index (χ2v) is 8.78. The van der Waals surface area contributed by atoms with E-state index in [1.54, 1.807) is 14.2 Å². The van der Waals surface area contributed by atoms with Crippen molar-refractivity contribution >= 4 is 16.9 Å². The Morgan fingerprint density at radius 1 is 1.17 bits per heavy atom. The molecule has 0 radical (unpaired) electrons. The lowest BCUT2D eigenvalue weighted by Crippen LogP contribution is -2.31. The SMILES string of the molecule is COc1ccc(CNc2nc([C@H]3O[C@H](CN=[N+]=[N-])[C@H]4OC(C)(C)O[C@@H]43)nc3[nH]ccc23)c(OC)c1. The maximum absolute atomic E-state index is 8.78. The van der Waals surface area contributed by atoms with E-state index in [9.17, 15) is 0 Å². The summed E-state index contributed by atoms with van der Waals surface area (Å²) in [4.78, 5) is 15.5. The number of hydrogen-bond acceptors (Lipinski definition) is 9. The van der Waals surface area contributed by atoms with Gasteiger partial charge in [-0.1, -0.05) is 5.11 Å². The lowest BCUT2D eigenvalue weighted by Gasteiger charge is -2.23. The molecule has 35 heavy (non-hydrogen) atoms. The molecule has 4 heterocycles. The van der Waals surface area contributed by atoms with Gasteiger partial charge in [0.15, 0.2) is 11.6 Å². The fraction of sp³-hybridized carbons (Fsp3) is 0.478. The molecule has 2 aliphatic rings. The Balaban J connectivity index is 1.45. The third kappa shape index (κ3) is 4.44. The van der Waals surface area contributed by atoms with E-state index in [0.717, 1.165) is 10.9 Å². The molecule has 184 valence electrons. The summed E-state index contributed by atoms with van der Waals surface area (Å²) >= 11 is 0. The first-order chi connectivity index (χ1) is 16.9. The summed E-state index contributed by atoms with van der Waals surface area (Å²) < 4.78 is 29.2. The van der Waals surface area contributed by atoms with E-state index in [0.29, 0.717) is 35.3 Å². The van der Waals surface area contributed by atoms with Crippen LogP contribution in [0, 0.1) is 0 Å². The highest BCUT2D eigenvalue weighted by atomic mass is 16.8. The van der Waals surface area contributed by atoms with Crippen molar-refractivity contribution < 1.29 is 23.7 Å². The third-order valence-electron chi connectivity index (χ3n) is 6.10. The van der Waals surface area contributed by atoms with Gasteiger partial charge in [0.25, 0.3) is 0 Å². The van der Waals surface area contributed by atoms with Crippen molar-refractivity contribution in [3.63, 3.8) is 0 Å². The summed E-state index contributed by atoms with van der Waals surface area (Å²) in [6, 6.07) is 7.57. The third-order valence-corrected chi connectivity index (χ3v) is 6.10. The van der Waals surface area contributed by atoms with Crippen LogP contribution < -0.4 is 14.8 Å². The zero-order chi connectivity index (χ0) is 24.6. The van der Waals surface area contributed by atoms with E-state index in [1.807, 2.05) is 44.3 Å². The Bertz CT molecular complexity index is 1270. The number of anilines is 1. The van der Waals surface area contributed by atoms with Gasteiger partial charge < -0.3 is 34.0 Å². The fourth-order valence-electron chi connectivity index (χ4n) is 4.55. The van der Waals surface area contributed by atoms with Crippen LogP contribution in [0.3, 0.4) is 0 Å². The number of methoxy groups -OCH3 is 2. The molecule has 0 saturated carbocycles. The van der Waals surface area contributed by atoms with Crippen LogP contribution >= 0.6 is 0 Å². The van der Waals surface area contributed by atoms with Crippen molar-refractivity contribution in [2.75, 3.05) is 26.1 Å². The summed E-state index contributed by atoms with van der Waals surface area (Å²) in [6.45, 7) is 4.28. The van der Waals surface area contributed by atoms with E-state index < -0.39 is 30.2 Å². The summed E-state index contributed by atoms with van der Waals surface area (Å²) in [5, 5.41) is 7.92. The summed E-state index contributed by atoms with van der Waals surface area (Å²) in [7, 11) is 3.24. The predicted octanol–water partition coefficient (Wildman–Crippen LogP) is 3.86. The zero-order valence-corrected chi connectivity index (χ0v) is 19.9. The minimum absolute atomic E-state index is 0.126. The van der Waals surface area contributed by atoms with Gasteiger partial charge in [0, 0.05) is 29.3 Å². The van der Waals surface area contributed by atoms with Crippen LogP contribution in [0.25, 0.3) is 21.5 Å². The minimum Gasteiger partial charge on any atom is -0.497 e. The molecule has 3 aromatic rings. The number of nitrogens with zero attached hydrogens (tertiary/aromatic N) is 5. The highest BCUT2D eigenvalue weighted by molar-refractivity contribution is 5.87. The molecule has 2 aromatic heterocycles. The Morgan fingerprint density at radius 2 is 2.00 bits per heavy atom. The number of aromatic amines is 1. The molecular formula is C23H27N7O5. The van der Waals surface area contributed by atoms with Gasteiger partial charge in [0.2, 0.25) is 0 Å². The molecule has 0 spiro atoms. The first kappa shape index (κ1) is 23.2. The van der Waals surface area contributed by atoms with Gasteiger partial charge in [-0.15, -0.1) is 0 Å². The summed E-state index contributed by atoms with van der Waals surface area (Å²) in [6.07, 6.45) is -0.0900. The molecule has 1 aromatic carbocycles. The van der Waals surface area contributed by atoms with E-state index >= 15 is 0 Å². The number of nitrogens with one attached hydrogen (secondary N) is 2. The van der Waals surface area contributed by atoms with Crippen LogP contribution in [0.4, 0.5) is 5.82 Å². The fourth-order valence-corrected chi connectivity index (χ4v) is 4.55. The molecule has 0 unspecified atom stereocenters. The Labute approximate surface area is 201 Å². The number of hydrogen-bond donors (Lipinski definition) is 2. The molecule has 12 nitrogen and oxygen atoms in total. The van der Waals surface area contributed by atoms with E-state index in [4.69, 9.17) is 39.2 Å². The average molecular weight is 482 g/mol. The number of azide groups is 1. The quantitative estimate of drug-likeness (QED) is 0.280. The number of aromatic nitrogens is 3. The topological polar surface area (TPSA) is 149 Å². The largest absolute Gasteiger partial charge is 0.497 e. The molecule has 2 saturated heterocycles. The lowest BCUT2D eigenvalue weighted by molar-refractivity contribution is -0.187. The first-order valence-electron chi connectivity index (χ1n) is 11.2.